The van der Waals surface area contributed by atoms with Crippen LogP contribution in [0.4, 0.5) is 10.5 Å². The summed E-state index contributed by atoms with van der Waals surface area (Å²) in [6.45, 7) is 4.31. The number of fused-ring (bicyclic) bond motifs is 4. The lowest BCUT2D eigenvalue weighted by molar-refractivity contribution is -0.120. The lowest BCUT2D eigenvalue weighted by Crippen LogP contribution is -2.44. The number of para-hydroxylation sites is 2. The van der Waals surface area contributed by atoms with Crippen LogP contribution < -0.4 is 10.2 Å². The van der Waals surface area contributed by atoms with Gasteiger partial charge in [-0.2, -0.15) is 0 Å². The van der Waals surface area contributed by atoms with Crippen LogP contribution in [0.5, 0.6) is 0 Å². The molecule has 3 heterocycles. The molecule has 4 aromatic rings. The molecule has 2 fully saturated rings. The number of hydrogen-bond donors (Lipinski definition) is 2. The van der Waals surface area contributed by atoms with Gasteiger partial charge in [-0.3, -0.25) is 14.5 Å². The minimum Gasteiger partial charge on any atom is -0.356 e. The molecule has 4 amide bonds. The fourth-order valence-corrected chi connectivity index (χ4v) is 6.90. The highest BCUT2D eigenvalue weighted by atomic mass is 16.2. The van der Waals surface area contributed by atoms with E-state index in [-0.39, 0.29) is 17.9 Å². The van der Waals surface area contributed by atoms with Crippen molar-refractivity contribution in [1.29, 1.82) is 0 Å². The van der Waals surface area contributed by atoms with Crippen molar-refractivity contribution in [2.75, 3.05) is 4.90 Å². The van der Waals surface area contributed by atoms with Gasteiger partial charge in [0.1, 0.15) is 12.1 Å². The minimum absolute atomic E-state index is 0.128. The molecule has 7 heteroatoms. The normalized spacial score (nSPS) is 20.7. The van der Waals surface area contributed by atoms with Crippen LogP contribution in [0.15, 0.2) is 72.8 Å². The first-order valence-electron chi connectivity index (χ1n) is 14.7. The van der Waals surface area contributed by atoms with Crippen molar-refractivity contribution < 1.29 is 14.4 Å². The largest absolute Gasteiger partial charge is 0.356 e. The Balaban J connectivity index is 1.32. The van der Waals surface area contributed by atoms with Gasteiger partial charge in [0.2, 0.25) is 0 Å². The molecule has 0 unspecified atom stereocenters. The highest BCUT2D eigenvalue weighted by Gasteiger charge is 2.53. The zero-order chi connectivity index (χ0) is 28.2. The van der Waals surface area contributed by atoms with Gasteiger partial charge >= 0.3 is 6.03 Å². The van der Waals surface area contributed by atoms with E-state index in [1.54, 1.807) is 29.2 Å². The molecule has 0 spiro atoms. The second kappa shape index (κ2) is 9.91. The quantitative estimate of drug-likeness (QED) is 0.282. The predicted molar refractivity (Wildman–Crippen MR) is 159 cm³/mol. The highest BCUT2D eigenvalue weighted by Crippen LogP contribution is 2.45. The summed E-state index contributed by atoms with van der Waals surface area (Å²) in [4.78, 5) is 48.4. The van der Waals surface area contributed by atoms with E-state index >= 15 is 0 Å². The number of amides is 4. The van der Waals surface area contributed by atoms with Crippen LogP contribution in [-0.4, -0.2) is 39.8 Å². The Kier molecular flexibility index (Phi) is 6.18. The Labute approximate surface area is 239 Å². The van der Waals surface area contributed by atoms with Gasteiger partial charge < -0.3 is 10.3 Å². The maximum Gasteiger partial charge on any atom is 0.332 e. The number of aromatic nitrogens is 1. The molecule has 2 aliphatic heterocycles. The van der Waals surface area contributed by atoms with Crippen LogP contribution >= 0.6 is 0 Å². The standard InChI is InChI=1S/C34H34N4O3/c1-20(2)21-15-17-22(18-16-21)31-30-26(24-11-5-7-13-27(24)36-30)19-29-33(40)38(34(41)37(29)31)28-14-8-6-12-25(28)32(39)35-23-9-3-4-10-23/h5-8,11-18,20,23,29,31,36H,3-4,9-10,19H2,1-2H3,(H,35,39)/t29-,31+/m0/s1. The van der Waals surface area contributed by atoms with Crippen LogP contribution in [-0.2, 0) is 11.2 Å². The summed E-state index contributed by atoms with van der Waals surface area (Å²) < 4.78 is 0. The number of carbonyl (C=O) groups is 3. The highest BCUT2D eigenvalue weighted by molar-refractivity contribution is 6.24. The van der Waals surface area contributed by atoms with Gasteiger partial charge in [-0.25, -0.2) is 9.69 Å². The first-order valence-corrected chi connectivity index (χ1v) is 14.7. The SMILES string of the molecule is CC(C)c1ccc([C@@H]2c3[nH]c4ccccc4c3C[C@H]3C(=O)N(c4ccccc4C(=O)NC4CCCC4)C(=O)N23)cc1. The Hall–Kier alpha value is -4.39. The van der Waals surface area contributed by atoms with Crippen molar-refractivity contribution in [1.82, 2.24) is 15.2 Å². The van der Waals surface area contributed by atoms with Crippen molar-refractivity contribution in [2.24, 2.45) is 0 Å². The third-order valence-corrected chi connectivity index (χ3v) is 9.05. The summed E-state index contributed by atoms with van der Waals surface area (Å²) in [5.74, 6) is -0.157. The van der Waals surface area contributed by atoms with Crippen molar-refractivity contribution in [3.63, 3.8) is 0 Å². The number of aromatic amines is 1. The monoisotopic (exact) mass is 546 g/mol. The molecule has 7 rings (SSSR count). The van der Waals surface area contributed by atoms with Crippen molar-refractivity contribution in [3.8, 4) is 0 Å². The Morgan fingerprint density at radius 3 is 2.39 bits per heavy atom. The number of hydrogen-bond acceptors (Lipinski definition) is 3. The summed E-state index contributed by atoms with van der Waals surface area (Å²) in [5, 5.41) is 4.19. The van der Waals surface area contributed by atoms with Crippen molar-refractivity contribution in [2.45, 2.75) is 70.0 Å². The van der Waals surface area contributed by atoms with E-state index in [9.17, 15) is 14.4 Å². The molecule has 0 radical (unpaired) electrons. The molecule has 7 nitrogen and oxygen atoms in total. The minimum atomic E-state index is -0.671. The Bertz CT molecular complexity index is 1670. The zero-order valence-corrected chi connectivity index (χ0v) is 23.4. The van der Waals surface area contributed by atoms with Crippen LogP contribution in [0.3, 0.4) is 0 Å². The number of nitrogens with one attached hydrogen (secondary N) is 2. The number of imide groups is 1. The van der Waals surface area contributed by atoms with Gasteiger partial charge in [-0.15, -0.1) is 0 Å². The topological polar surface area (TPSA) is 85.5 Å². The molecule has 3 aromatic carbocycles. The molecule has 2 N–H and O–H groups in total. The summed E-state index contributed by atoms with van der Waals surface area (Å²) in [6.07, 6.45) is 4.52. The van der Waals surface area contributed by atoms with Crippen LogP contribution in [0.25, 0.3) is 10.9 Å². The van der Waals surface area contributed by atoms with E-state index in [0.29, 0.717) is 23.6 Å². The third kappa shape index (κ3) is 4.14. The first kappa shape index (κ1) is 25.6. The Morgan fingerprint density at radius 1 is 0.927 bits per heavy atom. The fourth-order valence-electron chi connectivity index (χ4n) is 6.90. The maximum absolute atomic E-state index is 14.3. The number of anilines is 1. The molecule has 1 aromatic heterocycles. The summed E-state index contributed by atoms with van der Waals surface area (Å²) in [5.41, 5.74) is 5.85. The summed E-state index contributed by atoms with van der Waals surface area (Å²) in [6, 6.07) is 22.0. The number of H-pyrrole nitrogens is 1. The second-order valence-corrected chi connectivity index (χ2v) is 11.8. The summed E-state index contributed by atoms with van der Waals surface area (Å²) >= 11 is 0. The molecule has 3 aliphatic rings. The molecule has 1 saturated heterocycles. The van der Waals surface area contributed by atoms with Gasteiger partial charge in [-0.05, 0) is 53.6 Å². The number of carbonyl (C=O) groups excluding carboxylic acids is 3. The second-order valence-electron chi connectivity index (χ2n) is 11.8. The van der Waals surface area contributed by atoms with E-state index in [4.69, 9.17) is 0 Å². The molecule has 1 saturated carbocycles. The van der Waals surface area contributed by atoms with Gasteiger partial charge in [0.15, 0.2) is 0 Å². The maximum atomic E-state index is 14.3. The molecular weight excluding hydrogens is 512 g/mol. The van der Waals surface area contributed by atoms with Crippen LogP contribution in [0.2, 0.25) is 0 Å². The van der Waals surface area contributed by atoms with Crippen LogP contribution in [0.1, 0.15) is 84.2 Å². The van der Waals surface area contributed by atoms with Gasteiger partial charge in [0.25, 0.3) is 11.8 Å². The average Bonchev–Trinajstić information content (AvgIpc) is 3.69. The average molecular weight is 547 g/mol. The van der Waals surface area contributed by atoms with E-state index < -0.39 is 18.1 Å². The Morgan fingerprint density at radius 2 is 1.63 bits per heavy atom. The molecular formula is C34H34N4O3. The third-order valence-electron chi connectivity index (χ3n) is 9.05. The van der Waals surface area contributed by atoms with Gasteiger partial charge in [-0.1, -0.05) is 81.3 Å². The predicted octanol–water partition coefficient (Wildman–Crippen LogP) is 6.45. The van der Waals surface area contributed by atoms with E-state index in [1.165, 1.54) is 10.5 Å². The van der Waals surface area contributed by atoms with Crippen LogP contribution in [0, 0.1) is 0 Å². The van der Waals surface area contributed by atoms with E-state index in [0.717, 1.165) is 53.4 Å². The molecule has 0 bridgehead atoms. The fraction of sp³-hybridized carbons (Fsp3) is 0.324. The zero-order valence-electron chi connectivity index (χ0n) is 23.4. The number of nitrogens with zero attached hydrogens (tertiary/aromatic N) is 2. The molecule has 1 aliphatic carbocycles. The smallest absolute Gasteiger partial charge is 0.332 e. The molecule has 41 heavy (non-hydrogen) atoms. The number of rotatable bonds is 5. The summed E-state index contributed by atoms with van der Waals surface area (Å²) in [7, 11) is 0. The molecule has 208 valence electrons. The lowest BCUT2D eigenvalue weighted by Gasteiger charge is -2.36. The van der Waals surface area contributed by atoms with Gasteiger partial charge in [0.05, 0.1) is 11.3 Å². The van der Waals surface area contributed by atoms with Crippen molar-refractivity contribution in [3.05, 3.63) is 101 Å². The number of urea groups is 1. The first-order chi connectivity index (χ1) is 19.9. The van der Waals surface area contributed by atoms with E-state index in [2.05, 4.69) is 54.5 Å². The van der Waals surface area contributed by atoms with Crippen molar-refractivity contribution >= 4 is 34.4 Å². The lowest BCUT2D eigenvalue weighted by atomic mass is 9.88. The number of benzene rings is 3. The molecule has 2 atom stereocenters. The van der Waals surface area contributed by atoms with E-state index in [1.807, 2.05) is 18.2 Å². The van der Waals surface area contributed by atoms with Gasteiger partial charge in [0, 0.05) is 29.1 Å².